The molecule has 1 rings (SSSR count). The van der Waals surface area contributed by atoms with E-state index in [0.29, 0.717) is 12.0 Å². The minimum Gasteiger partial charge on any atom is -0.377 e. The summed E-state index contributed by atoms with van der Waals surface area (Å²) >= 11 is 0. The van der Waals surface area contributed by atoms with Crippen molar-refractivity contribution >= 4 is 5.78 Å². The number of aliphatic hydroxyl groups is 1. The van der Waals surface area contributed by atoms with Crippen LogP contribution in [-0.2, 0) is 10.4 Å². The zero-order valence-electron chi connectivity index (χ0n) is 9.53. The minimum atomic E-state index is -1.32. The molecule has 0 saturated carbocycles. The normalized spacial score (nSPS) is 15.0. The molecule has 15 heavy (non-hydrogen) atoms. The van der Waals surface area contributed by atoms with Crippen LogP contribution in [0, 0.1) is 5.92 Å². The lowest BCUT2D eigenvalue weighted by molar-refractivity contribution is -0.137. The Balaban J connectivity index is 3.07. The molecule has 1 aromatic rings. The van der Waals surface area contributed by atoms with Crippen LogP contribution in [0.5, 0.6) is 0 Å². The van der Waals surface area contributed by atoms with Gasteiger partial charge in [0.15, 0.2) is 5.78 Å². The summed E-state index contributed by atoms with van der Waals surface area (Å²) in [6.07, 6.45) is 0.465. The van der Waals surface area contributed by atoms with E-state index in [1.165, 1.54) is 6.92 Å². The van der Waals surface area contributed by atoms with Crippen molar-refractivity contribution < 1.29 is 9.90 Å². The number of carbonyl (C=O) groups excluding carboxylic acids is 1. The Morgan fingerprint density at radius 2 is 1.87 bits per heavy atom. The molecule has 0 amide bonds. The maximum absolute atomic E-state index is 11.6. The van der Waals surface area contributed by atoms with Gasteiger partial charge in [0, 0.05) is 0 Å². The fourth-order valence-electron chi connectivity index (χ4n) is 1.77. The standard InChI is InChI=1S/C13H18O2/c1-10(2)9-13(15,11(3)14)12-7-5-4-6-8-12/h4-8,10,15H,9H2,1-3H3/t13-/m0/s1. The van der Waals surface area contributed by atoms with Crippen molar-refractivity contribution in [3.63, 3.8) is 0 Å². The van der Waals surface area contributed by atoms with E-state index >= 15 is 0 Å². The van der Waals surface area contributed by atoms with Crippen LogP contribution in [0.2, 0.25) is 0 Å². The third-order valence-electron chi connectivity index (χ3n) is 2.54. The average molecular weight is 206 g/mol. The number of ketones is 1. The molecule has 2 heteroatoms. The van der Waals surface area contributed by atoms with Crippen LogP contribution < -0.4 is 0 Å². The van der Waals surface area contributed by atoms with E-state index in [2.05, 4.69) is 0 Å². The Hall–Kier alpha value is -1.15. The number of hydrogen-bond donors (Lipinski definition) is 1. The summed E-state index contributed by atoms with van der Waals surface area (Å²) in [5.41, 5.74) is -0.638. The number of rotatable bonds is 4. The van der Waals surface area contributed by atoms with Crippen molar-refractivity contribution in [2.24, 2.45) is 5.92 Å². The molecule has 0 aliphatic rings. The lowest BCUT2D eigenvalue weighted by atomic mass is 9.83. The van der Waals surface area contributed by atoms with Crippen molar-refractivity contribution in [1.82, 2.24) is 0 Å². The fraction of sp³-hybridized carbons (Fsp3) is 0.462. The summed E-state index contributed by atoms with van der Waals surface area (Å²) in [5, 5.41) is 10.4. The van der Waals surface area contributed by atoms with Gasteiger partial charge in [0.1, 0.15) is 5.60 Å². The molecule has 0 unspecified atom stereocenters. The summed E-state index contributed by atoms with van der Waals surface area (Å²) in [5.74, 6) is 0.0847. The minimum absolute atomic E-state index is 0.192. The Bertz CT molecular complexity index is 330. The van der Waals surface area contributed by atoms with Crippen LogP contribution >= 0.6 is 0 Å². The van der Waals surface area contributed by atoms with Crippen LogP contribution in [-0.4, -0.2) is 10.9 Å². The number of Topliss-reactive ketones (excluding diaryl/α,β-unsaturated/α-hetero) is 1. The fourth-order valence-corrected chi connectivity index (χ4v) is 1.77. The van der Waals surface area contributed by atoms with Gasteiger partial charge in [-0.15, -0.1) is 0 Å². The maximum Gasteiger partial charge on any atom is 0.165 e. The zero-order valence-corrected chi connectivity index (χ0v) is 9.53. The van der Waals surface area contributed by atoms with Gasteiger partial charge in [0.05, 0.1) is 0 Å². The van der Waals surface area contributed by atoms with Gasteiger partial charge in [-0.25, -0.2) is 0 Å². The molecule has 0 spiro atoms. The number of benzene rings is 1. The highest BCUT2D eigenvalue weighted by Gasteiger charge is 2.34. The van der Waals surface area contributed by atoms with Crippen molar-refractivity contribution in [2.75, 3.05) is 0 Å². The number of hydrogen-bond acceptors (Lipinski definition) is 2. The Morgan fingerprint density at radius 1 is 1.33 bits per heavy atom. The predicted octanol–water partition coefficient (Wildman–Crippen LogP) is 2.51. The first kappa shape index (κ1) is 11.9. The van der Waals surface area contributed by atoms with Crippen molar-refractivity contribution in [1.29, 1.82) is 0 Å². The van der Waals surface area contributed by atoms with Crippen LogP contribution in [0.4, 0.5) is 0 Å². The molecule has 0 bridgehead atoms. The molecule has 0 radical (unpaired) electrons. The predicted molar refractivity (Wildman–Crippen MR) is 60.5 cm³/mol. The van der Waals surface area contributed by atoms with Crippen molar-refractivity contribution in [2.45, 2.75) is 32.8 Å². The van der Waals surface area contributed by atoms with E-state index in [4.69, 9.17) is 0 Å². The lowest BCUT2D eigenvalue weighted by Crippen LogP contribution is -2.35. The highest BCUT2D eigenvalue weighted by molar-refractivity contribution is 5.86. The van der Waals surface area contributed by atoms with Gasteiger partial charge in [-0.05, 0) is 24.8 Å². The molecule has 0 aliphatic heterocycles. The Morgan fingerprint density at radius 3 is 2.27 bits per heavy atom. The van der Waals surface area contributed by atoms with Gasteiger partial charge in [-0.1, -0.05) is 44.2 Å². The van der Waals surface area contributed by atoms with Crippen LogP contribution in [0.1, 0.15) is 32.8 Å². The summed E-state index contributed by atoms with van der Waals surface area (Å²) in [7, 11) is 0. The maximum atomic E-state index is 11.6. The first-order chi connectivity index (χ1) is 6.97. The third-order valence-corrected chi connectivity index (χ3v) is 2.54. The molecule has 1 N–H and O–H groups in total. The van der Waals surface area contributed by atoms with Crippen LogP contribution in [0.3, 0.4) is 0 Å². The average Bonchev–Trinajstić information content (AvgIpc) is 2.17. The van der Waals surface area contributed by atoms with Gasteiger partial charge in [-0.2, -0.15) is 0 Å². The highest BCUT2D eigenvalue weighted by atomic mass is 16.3. The van der Waals surface area contributed by atoms with E-state index in [0.717, 1.165) is 0 Å². The van der Waals surface area contributed by atoms with Crippen LogP contribution in [0.15, 0.2) is 30.3 Å². The molecule has 82 valence electrons. The number of carbonyl (C=O) groups is 1. The van der Waals surface area contributed by atoms with E-state index < -0.39 is 5.60 Å². The van der Waals surface area contributed by atoms with Crippen LogP contribution in [0.25, 0.3) is 0 Å². The molecule has 2 nitrogen and oxygen atoms in total. The van der Waals surface area contributed by atoms with Gasteiger partial charge in [-0.3, -0.25) is 4.79 Å². The largest absolute Gasteiger partial charge is 0.377 e. The Labute approximate surface area is 90.9 Å². The molecule has 0 aromatic heterocycles. The van der Waals surface area contributed by atoms with Gasteiger partial charge in [0.25, 0.3) is 0 Å². The van der Waals surface area contributed by atoms with Crippen molar-refractivity contribution in [3.05, 3.63) is 35.9 Å². The second-order valence-corrected chi connectivity index (χ2v) is 4.38. The highest BCUT2D eigenvalue weighted by Crippen LogP contribution is 2.29. The smallest absolute Gasteiger partial charge is 0.165 e. The quantitative estimate of drug-likeness (QED) is 0.821. The lowest BCUT2D eigenvalue weighted by Gasteiger charge is -2.27. The third kappa shape index (κ3) is 2.66. The Kier molecular flexibility index (Phi) is 3.64. The molecule has 0 heterocycles. The zero-order chi connectivity index (χ0) is 11.5. The second-order valence-electron chi connectivity index (χ2n) is 4.38. The van der Waals surface area contributed by atoms with Gasteiger partial charge >= 0.3 is 0 Å². The first-order valence-electron chi connectivity index (χ1n) is 5.25. The monoisotopic (exact) mass is 206 g/mol. The van der Waals surface area contributed by atoms with E-state index in [-0.39, 0.29) is 11.7 Å². The van der Waals surface area contributed by atoms with Gasteiger partial charge in [0.2, 0.25) is 0 Å². The SMILES string of the molecule is CC(=O)[C@@](O)(CC(C)C)c1ccccc1. The molecular weight excluding hydrogens is 188 g/mol. The molecular formula is C13H18O2. The van der Waals surface area contributed by atoms with E-state index in [1.807, 2.05) is 32.0 Å². The van der Waals surface area contributed by atoms with E-state index in [1.54, 1.807) is 12.1 Å². The first-order valence-corrected chi connectivity index (χ1v) is 5.25. The molecule has 0 saturated heterocycles. The van der Waals surface area contributed by atoms with Gasteiger partial charge < -0.3 is 5.11 Å². The summed E-state index contributed by atoms with van der Waals surface area (Å²) in [6.45, 7) is 5.43. The molecule has 0 aliphatic carbocycles. The van der Waals surface area contributed by atoms with Crippen molar-refractivity contribution in [3.8, 4) is 0 Å². The topological polar surface area (TPSA) is 37.3 Å². The summed E-state index contributed by atoms with van der Waals surface area (Å²) < 4.78 is 0. The van der Waals surface area contributed by atoms with E-state index in [9.17, 15) is 9.90 Å². The molecule has 1 aromatic carbocycles. The summed E-state index contributed by atoms with van der Waals surface area (Å²) in [4.78, 5) is 11.6. The summed E-state index contributed by atoms with van der Waals surface area (Å²) in [6, 6.07) is 9.14. The molecule has 0 fully saturated rings. The second kappa shape index (κ2) is 4.58. The molecule has 1 atom stereocenters.